The Morgan fingerprint density at radius 3 is 2.57 bits per heavy atom. The fourth-order valence-electron chi connectivity index (χ4n) is 1.28. The Balaban J connectivity index is 2.90. The van der Waals surface area contributed by atoms with E-state index in [1.54, 1.807) is 0 Å². The smallest absolute Gasteiger partial charge is 0.358 e. The van der Waals surface area contributed by atoms with Crippen molar-refractivity contribution in [1.82, 2.24) is 19.2 Å². The Morgan fingerprint density at radius 2 is 2.05 bits per heavy atom. The summed E-state index contributed by atoms with van der Waals surface area (Å²) in [6, 6.07) is 1.02. The van der Waals surface area contributed by atoms with E-state index in [1.807, 2.05) is 0 Å². The number of nitrogens with zero attached hydrogens (tertiary/aromatic N) is 2. The van der Waals surface area contributed by atoms with E-state index < -0.39 is 31.8 Å². The summed E-state index contributed by atoms with van der Waals surface area (Å²) < 4.78 is 54.2. The number of rotatable bonds is 7. The van der Waals surface area contributed by atoms with Gasteiger partial charge in [-0.05, 0) is 7.05 Å². The largest absolute Gasteiger partial charge is 0.464 e. The molecule has 0 unspecified atom stereocenters. The summed E-state index contributed by atoms with van der Waals surface area (Å²) in [7, 11) is -3.90. The van der Waals surface area contributed by atoms with Crippen LogP contribution in [0.15, 0.2) is 11.1 Å². The quantitative estimate of drug-likeness (QED) is 0.568. The van der Waals surface area contributed by atoms with Crippen LogP contribution in [0.1, 0.15) is 10.5 Å². The van der Waals surface area contributed by atoms with E-state index in [9.17, 15) is 21.6 Å². The van der Waals surface area contributed by atoms with E-state index in [0.29, 0.717) is 0 Å². The molecule has 0 spiro atoms. The second kappa shape index (κ2) is 6.51. The molecule has 1 heterocycles. The summed E-state index contributed by atoms with van der Waals surface area (Å²) in [6.45, 7) is -0.252. The van der Waals surface area contributed by atoms with Gasteiger partial charge in [-0.25, -0.2) is 26.4 Å². The van der Waals surface area contributed by atoms with Gasteiger partial charge in [0.05, 0.1) is 12.9 Å². The van der Waals surface area contributed by atoms with Gasteiger partial charge in [-0.15, -0.1) is 0 Å². The standard InChI is InChI=1S/C9H16N4O6S2/c1-10-20(15,16)5-4-13(2)21(17,18)8-6-7(11-12-8)9(14)19-3/h6,10H,4-5H2,1-3H3,(H,11,12). The van der Waals surface area contributed by atoms with Gasteiger partial charge in [0, 0.05) is 19.7 Å². The van der Waals surface area contributed by atoms with Crippen LogP contribution in [0.25, 0.3) is 0 Å². The van der Waals surface area contributed by atoms with E-state index in [0.717, 1.165) is 17.5 Å². The maximum Gasteiger partial charge on any atom is 0.358 e. The monoisotopic (exact) mass is 340 g/mol. The molecular formula is C9H16N4O6S2. The van der Waals surface area contributed by atoms with E-state index in [1.165, 1.54) is 14.1 Å². The molecule has 0 amide bonds. The highest BCUT2D eigenvalue weighted by Gasteiger charge is 2.26. The number of nitrogens with one attached hydrogen (secondary N) is 2. The van der Waals surface area contributed by atoms with E-state index in [-0.39, 0.29) is 17.3 Å². The highest BCUT2D eigenvalue weighted by atomic mass is 32.2. The first kappa shape index (κ1) is 17.6. The molecule has 0 aliphatic carbocycles. The number of aromatic nitrogens is 2. The molecule has 0 aliphatic heterocycles. The minimum Gasteiger partial charge on any atom is -0.464 e. The molecule has 1 rings (SSSR count). The number of methoxy groups -OCH3 is 1. The summed E-state index contributed by atoms with van der Waals surface area (Å²) in [5, 5.41) is 5.41. The first-order valence-electron chi connectivity index (χ1n) is 5.65. The van der Waals surface area contributed by atoms with Crippen molar-refractivity contribution in [2.45, 2.75) is 5.03 Å². The van der Waals surface area contributed by atoms with Crippen LogP contribution in [0.5, 0.6) is 0 Å². The second-order valence-electron chi connectivity index (χ2n) is 3.96. The van der Waals surface area contributed by atoms with Crippen LogP contribution >= 0.6 is 0 Å². The molecule has 0 aromatic carbocycles. The lowest BCUT2D eigenvalue weighted by atomic mass is 10.4. The molecule has 0 bridgehead atoms. The van der Waals surface area contributed by atoms with Gasteiger partial charge in [0.2, 0.25) is 10.0 Å². The molecule has 0 atom stereocenters. The third-order valence-electron chi connectivity index (χ3n) is 2.62. The van der Waals surface area contributed by atoms with Crippen molar-refractivity contribution in [2.75, 3.05) is 33.5 Å². The van der Waals surface area contributed by atoms with Crippen molar-refractivity contribution >= 4 is 26.0 Å². The summed E-state index contributed by atoms with van der Waals surface area (Å²) in [4.78, 5) is 11.2. The van der Waals surface area contributed by atoms with Gasteiger partial charge in [-0.1, -0.05) is 0 Å². The molecule has 10 nitrogen and oxygen atoms in total. The highest BCUT2D eigenvalue weighted by Crippen LogP contribution is 2.13. The van der Waals surface area contributed by atoms with Crippen LogP contribution in [-0.4, -0.2) is 70.8 Å². The lowest BCUT2D eigenvalue weighted by Crippen LogP contribution is -2.34. The number of sulfonamides is 2. The van der Waals surface area contributed by atoms with Crippen molar-refractivity contribution in [3.8, 4) is 0 Å². The predicted molar refractivity (Wildman–Crippen MR) is 72.6 cm³/mol. The molecule has 0 aliphatic rings. The van der Waals surface area contributed by atoms with Gasteiger partial charge < -0.3 is 4.74 Å². The molecule has 21 heavy (non-hydrogen) atoms. The van der Waals surface area contributed by atoms with E-state index in [4.69, 9.17) is 0 Å². The third kappa shape index (κ3) is 4.23. The van der Waals surface area contributed by atoms with Crippen molar-refractivity contribution in [2.24, 2.45) is 0 Å². The fraction of sp³-hybridized carbons (Fsp3) is 0.556. The maximum atomic E-state index is 12.1. The van der Waals surface area contributed by atoms with Crippen LogP contribution in [0.3, 0.4) is 0 Å². The lowest BCUT2D eigenvalue weighted by molar-refractivity contribution is 0.0594. The van der Waals surface area contributed by atoms with E-state index in [2.05, 4.69) is 19.7 Å². The van der Waals surface area contributed by atoms with Gasteiger partial charge in [0.25, 0.3) is 10.0 Å². The molecular weight excluding hydrogens is 324 g/mol. The first-order valence-corrected chi connectivity index (χ1v) is 8.74. The third-order valence-corrected chi connectivity index (χ3v) is 5.73. The summed E-state index contributed by atoms with van der Waals surface area (Å²) in [5.74, 6) is -1.18. The van der Waals surface area contributed by atoms with Crippen molar-refractivity contribution in [1.29, 1.82) is 0 Å². The molecule has 1 aromatic heterocycles. The zero-order valence-electron chi connectivity index (χ0n) is 11.7. The number of H-pyrrole nitrogens is 1. The van der Waals surface area contributed by atoms with Crippen LogP contribution < -0.4 is 4.72 Å². The topological polar surface area (TPSA) is 139 Å². The Bertz CT molecular complexity index is 708. The fourth-order valence-corrected chi connectivity index (χ4v) is 3.21. The number of carbonyl (C=O) groups is 1. The number of ether oxygens (including phenoxy) is 1. The first-order chi connectivity index (χ1) is 9.64. The van der Waals surface area contributed by atoms with Gasteiger partial charge in [-0.3, -0.25) is 5.10 Å². The molecule has 0 saturated carbocycles. The molecule has 2 N–H and O–H groups in total. The molecule has 120 valence electrons. The van der Waals surface area contributed by atoms with E-state index >= 15 is 0 Å². The minimum atomic E-state index is -3.98. The van der Waals surface area contributed by atoms with Gasteiger partial charge >= 0.3 is 5.97 Å². The molecule has 0 fully saturated rings. The van der Waals surface area contributed by atoms with Gasteiger partial charge in [-0.2, -0.15) is 9.40 Å². The Kier molecular flexibility index (Phi) is 5.44. The zero-order chi connectivity index (χ0) is 16.3. The average molecular weight is 340 g/mol. The maximum absolute atomic E-state index is 12.1. The van der Waals surface area contributed by atoms with Crippen LogP contribution in [0.4, 0.5) is 0 Å². The number of hydrogen-bond acceptors (Lipinski definition) is 7. The van der Waals surface area contributed by atoms with Crippen LogP contribution in [0, 0.1) is 0 Å². The lowest BCUT2D eigenvalue weighted by Gasteiger charge is -2.15. The minimum absolute atomic E-state index is 0.188. The number of carbonyl (C=O) groups excluding carboxylic acids is 1. The van der Waals surface area contributed by atoms with Gasteiger partial charge in [0.15, 0.2) is 10.7 Å². The Labute approximate surface area is 122 Å². The Morgan fingerprint density at radius 1 is 1.43 bits per heavy atom. The Hall–Kier alpha value is -1.50. The zero-order valence-corrected chi connectivity index (χ0v) is 13.3. The molecule has 0 saturated heterocycles. The van der Waals surface area contributed by atoms with Gasteiger partial charge in [0.1, 0.15) is 0 Å². The summed E-state index contributed by atoms with van der Waals surface area (Å²) in [6.07, 6.45) is 0. The van der Waals surface area contributed by atoms with Crippen molar-refractivity contribution in [3.05, 3.63) is 11.8 Å². The number of aromatic amines is 1. The van der Waals surface area contributed by atoms with Crippen LogP contribution in [-0.2, 0) is 24.8 Å². The molecule has 12 heteroatoms. The molecule has 1 aromatic rings. The number of hydrogen-bond donors (Lipinski definition) is 2. The SMILES string of the molecule is CNS(=O)(=O)CCN(C)S(=O)(=O)c1cc(C(=O)OC)n[nH]1. The predicted octanol–water partition coefficient (Wildman–Crippen LogP) is -1.63. The average Bonchev–Trinajstić information content (AvgIpc) is 2.94. The van der Waals surface area contributed by atoms with Crippen LogP contribution in [0.2, 0.25) is 0 Å². The highest BCUT2D eigenvalue weighted by molar-refractivity contribution is 7.90. The normalized spacial score (nSPS) is 12.6. The number of esters is 1. The summed E-state index contributed by atoms with van der Waals surface area (Å²) >= 11 is 0. The van der Waals surface area contributed by atoms with Crippen molar-refractivity contribution in [3.63, 3.8) is 0 Å². The summed E-state index contributed by atoms with van der Waals surface area (Å²) in [5.41, 5.74) is -0.188. The second-order valence-corrected chi connectivity index (χ2v) is 8.02. The molecule has 0 radical (unpaired) electrons. The van der Waals surface area contributed by atoms with Crippen molar-refractivity contribution < 1.29 is 26.4 Å².